The molecule has 0 bridgehead atoms. The van der Waals surface area contributed by atoms with Crippen molar-refractivity contribution in [2.75, 3.05) is 0 Å². The van der Waals surface area contributed by atoms with E-state index in [1.54, 1.807) is 23.1 Å². The van der Waals surface area contributed by atoms with Crippen molar-refractivity contribution in [2.24, 2.45) is 0 Å². The molecule has 1 N–H and O–H groups in total. The predicted octanol–water partition coefficient (Wildman–Crippen LogP) is 3.37. The van der Waals surface area contributed by atoms with Gasteiger partial charge in [0.2, 0.25) is 5.76 Å². The molecule has 0 radical (unpaired) electrons. The minimum Gasteiger partial charge on any atom is -0.351 e. The second-order valence-corrected chi connectivity index (χ2v) is 6.01. The van der Waals surface area contributed by atoms with Crippen molar-refractivity contribution in [3.63, 3.8) is 0 Å². The molecule has 3 aromatic rings. The fourth-order valence-electron chi connectivity index (χ4n) is 2.44. The van der Waals surface area contributed by atoms with Gasteiger partial charge in [-0.3, -0.25) is 4.79 Å². The Morgan fingerprint density at radius 2 is 2.15 bits per heavy atom. The number of hydrogen-bond donors (Lipinski definition) is 1. The van der Waals surface area contributed by atoms with Gasteiger partial charge in [-0.05, 0) is 18.6 Å². The van der Waals surface area contributed by atoms with Crippen LogP contribution in [0.5, 0.6) is 0 Å². The van der Waals surface area contributed by atoms with Crippen molar-refractivity contribution < 1.29 is 9.32 Å². The van der Waals surface area contributed by atoms with E-state index < -0.39 is 11.9 Å². The van der Waals surface area contributed by atoms with Crippen LogP contribution in [0.25, 0.3) is 5.69 Å². The van der Waals surface area contributed by atoms with Crippen molar-refractivity contribution >= 4 is 5.91 Å². The molecule has 2 atom stereocenters. The molecule has 1 amide bonds. The van der Waals surface area contributed by atoms with E-state index in [-0.39, 0.29) is 11.7 Å². The van der Waals surface area contributed by atoms with Gasteiger partial charge in [0.05, 0.1) is 23.6 Å². The number of rotatable bonds is 6. The van der Waals surface area contributed by atoms with Crippen LogP contribution in [0.2, 0.25) is 0 Å². The van der Waals surface area contributed by atoms with E-state index in [4.69, 9.17) is 4.52 Å². The van der Waals surface area contributed by atoms with Crippen LogP contribution in [-0.2, 0) is 0 Å². The highest BCUT2D eigenvalue weighted by Gasteiger charge is 2.21. The number of amides is 1. The lowest BCUT2D eigenvalue weighted by atomic mass is 10.1. The number of nitrogens with zero attached hydrogens (tertiary/aromatic N) is 4. The van der Waals surface area contributed by atoms with E-state index in [9.17, 15) is 10.1 Å². The molecule has 0 saturated heterocycles. The normalized spacial score (nSPS) is 13.0. The van der Waals surface area contributed by atoms with E-state index in [0.29, 0.717) is 5.56 Å². The Hall–Kier alpha value is -3.40. The van der Waals surface area contributed by atoms with Crippen LogP contribution in [0.4, 0.5) is 0 Å². The lowest BCUT2D eigenvalue weighted by Gasteiger charge is -2.07. The number of nitriles is 1. The van der Waals surface area contributed by atoms with Gasteiger partial charge in [0, 0.05) is 23.7 Å². The molecule has 132 valence electrons. The van der Waals surface area contributed by atoms with Gasteiger partial charge < -0.3 is 9.84 Å². The molecule has 2 aromatic heterocycles. The van der Waals surface area contributed by atoms with E-state index in [0.717, 1.165) is 17.8 Å². The summed E-state index contributed by atoms with van der Waals surface area (Å²) in [6.07, 6.45) is 4.17. The van der Waals surface area contributed by atoms with Gasteiger partial charge in [-0.25, -0.2) is 4.68 Å². The van der Waals surface area contributed by atoms with Crippen LogP contribution < -0.4 is 5.32 Å². The zero-order chi connectivity index (χ0) is 18.5. The smallest absolute Gasteiger partial charge is 0.291 e. The molecule has 1 aromatic carbocycles. The van der Waals surface area contributed by atoms with Crippen LogP contribution in [-0.4, -0.2) is 20.8 Å². The number of carbonyl (C=O) groups excluding carboxylic acids is 1. The first-order chi connectivity index (χ1) is 12.6. The molecule has 0 unspecified atom stereocenters. The molecule has 7 heteroatoms. The maximum atomic E-state index is 12.4. The highest BCUT2D eigenvalue weighted by molar-refractivity contribution is 5.91. The van der Waals surface area contributed by atoms with Crippen molar-refractivity contribution in [3.05, 3.63) is 65.8 Å². The average molecular weight is 349 g/mol. The minimum atomic E-state index is -0.836. The third-order valence-electron chi connectivity index (χ3n) is 4.23. The summed E-state index contributed by atoms with van der Waals surface area (Å²) in [6.45, 7) is 4.05. The summed E-state index contributed by atoms with van der Waals surface area (Å²) >= 11 is 0. The fourth-order valence-corrected chi connectivity index (χ4v) is 2.44. The Bertz CT molecular complexity index is 923. The minimum absolute atomic E-state index is 0.0935. The standard InChI is InChI=1S/C19H19N5O2/c1-3-13(2)16-9-18(26-23-16)19(25)22-17(10-20)14-11-21-24(12-14)15-7-5-4-6-8-15/h4-9,11-13,17H,3H2,1-2H3,(H,22,25)/t13-,17+/m0/s1. The Morgan fingerprint density at radius 1 is 1.38 bits per heavy atom. The predicted molar refractivity (Wildman–Crippen MR) is 94.6 cm³/mol. The third kappa shape index (κ3) is 3.64. The molecule has 2 heterocycles. The molecule has 0 saturated carbocycles. The molecule has 26 heavy (non-hydrogen) atoms. The second-order valence-electron chi connectivity index (χ2n) is 6.01. The van der Waals surface area contributed by atoms with Crippen molar-refractivity contribution in [3.8, 4) is 11.8 Å². The third-order valence-corrected chi connectivity index (χ3v) is 4.23. The van der Waals surface area contributed by atoms with Crippen molar-refractivity contribution in [1.29, 1.82) is 5.26 Å². The largest absolute Gasteiger partial charge is 0.351 e. The van der Waals surface area contributed by atoms with Crippen LogP contribution in [0.15, 0.2) is 53.3 Å². The molecule has 7 nitrogen and oxygen atoms in total. The first-order valence-electron chi connectivity index (χ1n) is 8.39. The van der Waals surface area contributed by atoms with Crippen molar-refractivity contribution in [1.82, 2.24) is 20.3 Å². The Balaban J connectivity index is 1.74. The number of carbonyl (C=O) groups is 1. The summed E-state index contributed by atoms with van der Waals surface area (Å²) < 4.78 is 6.77. The van der Waals surface area contributed by atoms with Crippen LogP contribution in [0.3, 0.4) is 0 Å². The molecule has 0 aliphatic carbocycles. The van der Waals surface area contributed by atoms with Gasteiger partial charge in [0.1, 0.15) is 6.04 Å². The maximum absolute atomic E-state index is 12.4. The highest BCUT2D eigenvalue weighted by atomic mass is 16.5. The zero-order valence-electron chi connectivity index (χ0n) is 14.6. The fraction of sp³-hybridized carbons (Fsp3) is 0.263. The number of nitrogens with one attached hydrogen (secondary N) is 1. The Labute approximate surface area is 151 Å². The first-order valence-corrected chi connectivity index (χ1v) is 8.39. The lowest BCUT2D eigenvalue weighted by molar-refractivity contribution is 0.0908. The van der Waals surface area contributed by atoms with Gasteiger partial charge in [-0.15, -0.1) is 0 Å². The topological polar surface area (TPSA) is 96.7 Å². The number of hydrogen-bond acceptors (Lipinski definition) is 5. The van der Waals surface area contributed by atoms with Gasteiger partial charge in [-0.2, -0.15) is 10.4 Å². The van der Waals surface area contributed by atoms with Crippen LogP contribution in [0, 0.1) is 11.3 Å². The molecule has 0 aliphatic rings. The molecule has 3 rings (SSSR count). The summed E-state index contributed by atoms with van der Waals surface area (Å²) in [4.78, 5) is 12.4. The van der Waals surface area contributed by atoms with E-state index in [1.165, 1.54) is 0 Å². The van der Waals surface area contributed by atoms with Crippen molar-refractivity contribution in [2.45, 2.75) is 32.2 Å². The van der Waals surface area contributed by atoms with Crippen LogP contribution >= 0.6 is 0 Å². The quantitative estimate of drug-likeness (QED) is 0.736. The molecular weight excluding hydrogens is 330 g/mol. The number of para-hydroxylation sites is 1. The number of aromatic nitrogens is 3. The first kappa shape index (κ1) is 17.4. The van der Waals surface area contributed by atoms with Gasteiger partial charge in [0.25, 0.3) is 5.91 Å². The van der Waals surface area contributed by atoms with Gasteiger partial charge in [-0.1, -0.05) is 37.2 Å². The van der Waals surface area contributed by atoms with E-state index in [1.807, 2.05) is 44.2 Å². The summed E-state index contributed by atoms with van der Waals surface area (Å²) in [6, 6.07) is 12.4. The number of benzene rings is 1. The average Bonchev–Trinajstić information content (AvgIpc) is 3.36. The summed E-state index contributed by atoms with van der Waals surface area (Å²) in [5.41, 5.74) is 2.18. The Morgan fingerprint density at radius 3 is 2.85 bits per heavy atom. The summed E-state index contributed by atoms with van der Waals surface area (Å²) in [5.74, 6) is -0.182. The molecule has 0 aliphatic heterocycles. The summed E-state index contributed by atoms with van der Waals surface area (Å²) in [7, 11) is 0. The van der Waals surface area contributed by atoms with Gasteiger partial charge in [0.15, 0.2) is 0 Å². The van der Waals surface area contributed by atoms with Crippen LogP contribution in [0.1, 0.15) is 54.0 Å². The van der Waals surface area contributed by atoms with E-state index >= 15 is 0 Å². The molecule has 0 spiro atoms. The second kappa shape index (κ2) is 7.66. The van der Waals surface area contributed by atoms with Gasteiger partial charge >= 0.3 is 0 Å². The maximum Gasteiger partial charge on any atom is 0.291 e. The zero-order valence-corrected chi connectivity index (χ0v) is 14.6. The summed E-state index contributed by atoms with van der Waals surface area (Å²) in [5, 5.41) is 20.3. The van der Waals surface area contributed by atoms with E-state index in [2.05, 4.69) is 21.6 Å². The molecular formula is C19H19N5O2. The monoisotopic (exact) mass is 349 g/mol. The lowest BCUT2D eigenvalue weighted by Crippen LogP contribution is -2.27. The SMILES string of the molecule is CC[C@H](C)c1cc(C(=O)N[C@H](C#N)c2cnn(-c3ccccc3)c2)on1. The highest BCUT2D eigenvalue weighted by Crippen LogP contribution is 2.19. The molecule has 0 fully saturated rings. The Kier molecular flexibility index (Phi) is 5.13.